The molecule has 0 aliphatic carbocycles. The number of nitrogens with two attached hydrogens (primary N) is 1. The Balaban J connectivity index is 2.27. The van der Waals surface area contributed by atoms with Gasteiger partial charge in [-0.1, -0.05) is 0 Å². The first kappa shape index (κ1) is 12.1. The zero-order chi connectivity index (χ0) is 13.0. The summed E-state index contributed by atoms with van der Waals surface area (Å²) in [5, 5.41) is 2.93. The van der Waals surface area contributed by atoms with Gasteiger partial charge in [0.15, 0.2) is 0 Å². The van der Waals surface area contributed by atoms with Gasteiger partial charge >= 0.3 is 0 Å². The van der Waals surface area contributed by atoms with E-state index in [1.165, 1.54) is 13.2 Å². The fourth-order valence-corrected chi connectivity index (χ4v) is 1.47. The van der Waals surface area contributed by atoms with Crippen LogP contribution in [0.4, 0.5) is 21.6 Å². The summed E-state index contributed by atoms with van der Waals surface area (Å²) in [7, 11) is 1.53. The summed E-state index contributed by atoms with van der Waals surface area (Å²) in [5.74, 6) is 5.95. The predicted molar refractivity (Wildman–Crippen MR) is 68.3 cm³/mol. The van der Waals surface area contributed by atoms with E-state index in [1.54, 1.807) is 30.5 Å². The van der Waals surface area contributed by atoms with Gasteiger partial charge in [0.05, 0.1) is 12.8 Å². The lowest BCUT2D eigenvalue weighted by molar-refractivity contribution is 0.414. The van der Waals surface area contributed by atoms with Gasteiger partial charge in [0.25, 0.3) is 0 Å². The number of aromatic nitrogens is 1. The second-order valence-corrected chi connectivity index (χ2v) is 3.54. The van der Waals surface area contributed by atoms with Gasteiger partial charge in [-0.15, -0.1) is 0 Å². The maximum atomic E-state index is 13.6. The molecule has 0 atom stereocenters. The number of hydrazine groups is 1. The summed E-state index contributed by atoms with van der Waals surface area (Å²) in [6.07, 6.45) is 1.57. The van der Waals surface area contributed by atoms with E-state index in [2.05, 4.69) is 15.7 Å². The molecule has 6 heteroatoms. The van der Waals surface area contributed by atoms with Gasteiger partial charge < -0.3 is 15.5 Å². The van der Waals surface area contributed by atoms with E-state index >= 15 is 0 Å². The molecule has 0 saturated heterocycles. The second kappa shape index (κ2) is 5.33. The third-order valence-corrected chi connectivity index (χ3v) is 2.36. The summed E-state index contributed by atoms with van der Waals surface area (Å²) >= 11 is 0. The number of benzene rings is 1. The molecule has 2 aromatic rings. The Hall–Kier alpha value is -2.34. The van der Waals surface area contributed by atoms with Crippen molar-refractivity contribution in [2.75, 3.05) is 17.9 Å². The van der Waals surface area contributed by atoms with E-state index in [0.717, 1.165) is 0 Å². The smallest absolute Gasteiger partial charge is 0.146 e. The molecular formula is C12H13FN4O. The summed E-state index contributed by atoms with van der Waals surface area (Å²) in [6.45, 7) is 0. The molecule has 0 unspecified atom stereocenters. The fourth-order valence-electron chi connectivity index (χ4n) is 1.47. The number of ether oxygens (including phenoxy) is 1. The normalized spacial score (nSPS) is 9.94. The van der Waals surface area contributed by atoms with Crippen LogP contribution in [0.1, 0.15) is 0 Å². The van der Waals surface area contributed by atoms with Crippen LogP contribution >= 0.6 is 0 Å². The standard InChI is InChI=1S/C12H13FN4O/c1-18-9-2-3-10(13)11(7-9)16-8-4-5-15-12(6-8)17-14/h2-7H,14H2,1H3,(H2,15,16,17). The van der Waals surface area contributed by atoms with Crippen LogP contribution in [-0.4, -0.2) is 12.1 Å². The molecule has 2 rings (SSSR count). The maximum Gasteiger partial charge on any atom is 0.146 e. The molecule has 18 heavy (non-hydrogen) atoms. The SMILES string of the molecule is COc1ccc(F)c(Nc2ccnc(NN)c2)c1. The number of rotatable bonds is 4. The lowest BCUT2D eigenvalue weighted by Gasteiger charge is -2.10. The van der Waals surface area contributed by atoms with Crippen molar-refractivity contribution in [2.24, 2.45) is 5.84 Å². The molecule has 5 nitrogen and oxygen atoms in total. The third kappa shape index (κ3) is 2.67. The Labute approximate surface area is 104 Å². The van der Waals surface area contributed by atoms with Crippen molar-refractivity contribution in [3.8, 4) is 5.75 Å². The van der Waals surface area contributed by atoms with E-state index in [9.17, 15) is 4.39 Å². The van der Waals surface area contributed by atoms with Crippen molar-refractivity contribution in [1.82, 2.24) is 4.98 Å². The Morgan fingerprint density at radius 1 is 1.28 bits per heavy atom. The number of methoxy groups -OCH3 is 1. The topological polar surface area (TPSA) is 72.2 Å². The number of anilines is 3. The summed E-state index contributed by atoms with van der Waals surface area (Å²) in [6, 6.07) is 7.84. The fraction of sp³-hybridized carbons (Fsp3) is 0.0833. The minimum Gasteiger partial charge on any atom is -0.497 e. The van der Waals surface area contributed by atoms with Gasteiger partial charge in [0.2, 0.25) is 0 Å². The van der Waals surface area contributed by atoms with Crippen molar-refractivity contribution in [1.29, 1.82) is 0 Å². The highest BCUT2D eigenvalue weighted by molar-refractivity contribution is 5.64. The van der Waals surface area contributed by atoms with Crippen LogP contribution < -0.4 is 21.3 Å². The quantitative estimate of drug-likeness (QED) is 0.571. The molecule has 0 bridgehead atoms. The molecule has 1 aromatic carbocycles. The third-order valence-electron chi connectivity index (χ3n) is 2.36. The van der Waals surface area contributed by atoms with E-state index in [1.807, 2.05) is 0 Å². The van der Waals surface area contributed by atoms with Gasteiger partial charge in [0, 0.05) is 24.0 Å². The van der Waals surface area contributed by atoms with Crippen molar-refractivity contribution >= 4 is 17.2 Å². The van der Waals surface area contributed by atoms with Crippen molar-refractivity contribution in [2.45, 2.75) is 0 Å². The van der Waals surface area contributed by atoms with Gasteiger partial charge in [-0.2, -0.15) is 0 Å². The zero-order valence-corrected chi connectivity index (χ0v) is 9.77. The molecule has 0 spiro atoms. The maximum absolute atomic E-state index is 13.6. The van der Waals surface area contributed by atoms with Crippen LogP contribution in [0, 0.1) is 5.82 Å². The molecule has 94 valence electrons. The molecule has 0 radical (unpaired) electrons. The van der Waals surface area contributed by atoms with Crippen LogP contribution in [0.15, 0.2) is 36.5 Å². The first-order chi connectivity index (χ1) is 8.72. The lowest BCUT2D eigenvalue weighted by atomic mass is 10.2. The highest BCUT2D eigenvalue weighted by atomic mass is 19.1. The van der Waals surface area contributed by atoms with Crippen molar-refractivity contribution in [3.05, 3.63) is 42.3 Å². The van der Waals surface area contributed by atoms with Gasteiger partial charge in [-0.25, -0.2) is 15.2 Å². The van der Waals surface area contributed by atoms with E-state index in [4.69, 9.17) is 10.6 Å². The van der Waals surface area contributed by atoms with Crippen LogP contribution in [0.5, 0.6) is 5.75 Å². The molecule has 0 fully saturated rings. The lowest BCUT2D eigenvalue weighted by Crippen LogP contribution is -2.08. The van der Waals surface area contributed by atoms with Crippen molar-refractivity contribution in [3.63, 3.8) is 0 Å². The highest BCUT2D eigenvalue weighted by Gasteiger charge is 2.05. The Kier molecular flexibility index (Phi) is 3.59. The summed E-state index contributed by atoms with van der Waals surface area (Å²) in [5.41, 5.74) is 3.41. The van der Waals surface area contributed by atoms with Crippen LogP contribution in [0.2, 0.25) is 0 Å². The summed E-state index contributed by atoms with van der Waals surface area (Å²) < 4.78 is 18.6. The molecule has 0 amide bonds. The molecule has 0 aliphatic rings. The largest absolute Gasteiger partial charge is 0.497 e. The molecular weight excluding hydrogens is 235 g/mol. The average molecular weight is 248 g/mol. The number of pyridine rings is 1. The number of nitrogens with zero attached hydrogens (tertiary/aromatic N) is 1. The zero-order valence-electron chi connectivity index (χ0n) is 9.77. The minimum atomic E-state index is -0.366. The van der Waals surface area contributed by atoms with E-state index < -0.39 is 0 Å². The molecule has 4 N–H and O–H groups in total. The second-order valence-electron chi connectivity index (χ2n) is 3.54. The van der Waals surface area contributed by atoms with Crippen LogP contribution in [0.25, 0.3) is 0 Å². The number of halogens is 1. The molecule has 0 aliphatic heterocycles. The first-order valence-electron chi connectivity index (χ1n) is 5.26. The van der Waals surface area contributed by atoms with E-state index in [-0.39, 0.29) is 5.82 Å². The molecule has 1 aromatic heterocycles. The number of nitrogens with one attached hydrogen (secondary N) is 2. The van der Waals surface area contributed by atoms with Gasteiger partial charge in [-0.05, 0) is 18.2 Å². The van der Waals surface area contributed by atoms with E-state index in [0.29, 0.717) is 22.9 Å². The van der Waals surface area contributed by atoms with Crippen LogP contribution in [0.3, 0.4) is 0 Å². The average Bonchev–Trinajstić information content (AvgIpc) is 2.41. The number of hydrogen-bond acceptors (Lipinski definition) is 5. The van der Waals surface area contributed by atoms with Crippen molar-refractivity contribution < 1.29 is 9.13 Å². The van der Waals surface area contributed by atoms with Gasteiger partial charge in [0.1, 0.15) is 17.4 Å². The molecule has 0 saturated carbocycles. The first-order valence-corrected chi connectivity index (χ1v) is 5.26. The number of nitrogen functional groups attached to an aromatic ring is 1. The Bertz CT molecular complexity index is 547. The number of hydrogen-bond donors (Lipinski definition) is 3. The Morgan fingerprint density at radius 2 is 2.11 bits per heavy atom. The van der Waals surface area contributed by atoms with Gasteiger partial charge in [-0.3, -0.25) is 0 Å². The monoisotopic (exact) mass is 248 g/mol. The molecule has 1 heterocycles. The Morgan fingerprint density at radius 3 is 2.83 bits per heavy atom. The summed E-state index contributed by atoms with van der Waals surface area (Å²) in [4.78, 5) is 3.96. The predicted octanol–water partition coefficient (Wildman–Crippen LogP) is 2.26. The highest BCUT2D eigenvalue weighted by Crippen LogP contribution is 2.25. The minimum absolute atomic E-state index is 0.323. The van der Waals surface area contributed by atoms with Crippen LogP contribution in [-0.2, 0) is 0 Å².